The first kappa shape index (κ1) is 12.1. The standard InChI is InChI=1S/C14H9FN4O/c1-19-8-9(7-16)6-12(19)14-17-13(18-20-14)10-4-2-3-5-11(10)15/h2-6,8H,1H3. The fourth-order valence-electron chi connectivity index (χ4n) is 1.92. The Balaban J connectivity index is 2.05. The fourth-order valence-corrected chi connectivity index (χ4v) is 1.92. The lowest BCUT2D eigenvalue weighted by molar-refractivity contribution is 0.429. The molecule has 3 aromatic rings. The van der Waals surface area contributed by atoms with Gasteiger partial charge in [0.2, 0.25) is 5.82 Å². The van der Waals surface area contributed by atoms with Crippen LogP contribution in [0.4, 0.5) is 4.39 Å². The van der Waals surface area contributed by atoms with Crippen molar-refractivity contribution < 1.29 is 8.91 Å². The molecule has 0 atom stereocenters. The molecule has 0 aliphatic rings. The molecule has 0 aliphatic heterocycles. The smallest absolute Gasteiger partial charge is 0.274 e. The number of hydrogen-bond donors (Lipinski definition) is 0. The van der Waals surface area contributed by atoms with Gasteiger partial charge in [-0.1, -0.05) is 17.3 Å². The summed E-state index contributed by atoms with van der Waals surface area (Å²) in [5.41, 5.74) is 1.38. The Bertz CT molecular complexity index is 813. The van der Waals surface area contributed by atoms with Gasteiger partial charge in [-0.15, -0.1) is 0 Å². The van der Waals surface area contributed by atoms with Crippen LogP contribution < -0.4 is 0 Å². The molecule has 0 saturated heterocycles. The Morgan fingerprint density at radius 1 is 1.35 bits per heavy atom. The third-order valence-corrected chi connectivity index (χ3v) is 2.89. The molecule has 2 aromatic heterocycles. The summed E-state index contributed by atoms with van der Waals surface area (Å²) in [7, 11) is 1.77. The lowest BCUT2D eigenvalue weighted by Gasteiger charge is -1.95. The van der Waals surface area contributed by atoms with Gasteiger partial charge in [0.25, 0.3) is 5.89 Å². The van der Waals surface area contributed by atoms with E-state index in [0.29, 0.717) is 11.3 Å². The van der Waals surface area contributed by atoms with E-state index in [9.17, 15) is 4.39 Å². The molecule has 5 nitrogen and oxygen atoms in total. The number of hydrogen-bond acceptors (Lipinski definition) is 4. The van der Waals surface area contributed by atoms with Crippen LogP contribution in [0.1, 0.15) is 5.56 Å². The van der Waals surface area contributed by atoms with Crippen molar-refractivity contribution in [1.82, 2.24) is 14.7 Å². The van der Waals surface area contributed by atoms with Gasteiger partial charge in [0, 0.05) is 13.2 Å². The molecule has 3 rings (SSSR count). The second-order valence-electron chi connectivity index (χ2n) is 4.24. The van der Waals surface area contributed by atoms with E-state index in [1.165, 1.54) is 6.07 Å². The quantitative estimate of drug-likeness (QED) is 0.716. The SMILES string of the molecule is Cn1cc(C#N)cc1-c1nc(-c2ccccc2F)no1. The molecule has 1 aromatic carbocycles. The molecule has 0 radical (unpaired) electrons. The van der Waals surface area contributed by atoms with Gasteiger partial charge in [-0.2, -0.15) is 10.2 Å². The third kappa shape index (κ3) is 1.95. The highest BCUT2D eigenvalue weighted by atomic mass is 19.1. The van der Waals surface area contributed by atoms with Gasteiger partial charge in [0.15, 0.2) is 0 Å². The van der Waals surface area contributed by atoms with Crippen LogP contribution >= 0.6 is 0 Å². The second-order valence-corrected chi connectivity index (χ2v) is 4.24. The molecule has 98 valence electrons. The van der Waals surface area contributed by atoms with Gasteiger partial charge < -0.3 is 9.09 Å². The third-order valence-electron chi connectivity index (χ3n) is 2.89. The minimum atomic E-state index is -0.413. The maximum atomic E-state index is 13.7. The monoisotopic (exact) mass is 268 g/mol. The van der Waals surface area contributed by atoms with E-state index in [4.69, 9.17) is 9.78 Å². The van der Waals surface area contributed by atoms with Crippen LogP contribution in [0.2, 0.25) is 0 Å². The summed E-state index contributed by atoms with van der Waals surface area (Å²) < 4.78 is 20.5. The van der Waals surface area contributed by atoms with Crippen LogP contribution in [0.5, 0.6) is 0 Å². The molecule has 0 saturated carbocycles. The summed E-state index contributed by atoms with van der Waals surface area (Å²) in [6.45, 7) is 0. The molecule has 0 fully saturated rings. The molecular weight excluding hydrogens is 259 g/mol. The van der Waals surface area contributed by atoms with Gasteiger partial charge in [0.05, 0.1) is 11.1 Å². The topological polar surface area (TPSA) is 67.6 Å². The number of nitrogens with zero attached hydrogens (tertiary/aromatic N) is 4. The van der Waals surface area contributed by atoms with Crippen molar-refractivity contribution in [3.63, 3.8) is 0 Å². The molecular formula is C14H9FN4O. The zero-order chi connectivity index (χ0) is 14.1. The highest BCUT2D eigenvalue weighted by molar-refractivity contribution is 5.59. The molecule has 0 N–H and O–H groups in total. The Hall–Kier alpha value is -2.94. The van der Waals surface area contributed by atoms with Crippen molar-refractivity contribution in [2.24, 2.45) is 7.05 Å². The van der Waals surface area contributed by atoms with Gasteiger partial charge in [-0.3, -0.25) is 0 Å². The Labute approximate surface area is 113 Å². The molecule has 2 heterocycles. The van der Waals surface area contributed by atoms with Crippen molar-refractivity contribution in [1.29, 1.82) is 5.26 Å². The molecule has 0 bridgehead atoms. The molecule has 20 heavy (non-hydrogen) atoms. The van der Waals surface area contributed by atoms with Crippen LogP contribution in [0.25, 0.3) is 23.0 Å². The van der Waals surface area contributed by atoms with Crippen LogP contribution in [-0.2, 0) is 7.05 Å². The van der Waals surface area contributed by atoms with E-state index in [-0.39, 0.29) is 17.3 Å². The van der Waals surface area contributed by atoms with Crippen LogP contribution in [0.15, 0.2) is 41.1 Å². The minimum Gasteiger partial charge on any atom is -0.345 e. The summed E-state index contributed by atoms with van der Waals surface area (Å²) in [6, 6.07) is 9.88. The van der Waals surface area contributed by atoms with Gasteiger partial charge in [-0.25, -0.2) is 4.39 Å². The minimum absolute atomic E-state index is 0.179. The highest BCUT2D eigenvalue weighted by Gasteiger charge is 2.16. The van der Waals surface area contributed by atoms with Crippen LogP contribution in [0, 0.1) is 17.1 Å². The Morgan fingerprint density at radius 3 is 2.85 bits per heavy atom. The fraction of sp³-hybridized carbons (Fsp3) is 0.0714. The number of halogens is 1. The average molecular weight is 268 g/mol. The van der Waals surface area contributed by atoms with Crippen molar-refractivity contribution >= 4 is 0 Å². The summed E-state index contributed by atoms with van der Waals surface area (Å²) in [5.74, 6) is 0.00880. The second kappa shape index (κ2) is 4.63. The Morgan fingerprint density at radius 2 is 2.15 bits per heavy atom. The number of benzene rings is 1. The Kier molecular flexibility index (Phi) is 2.80. The van der Waals surface area contributed by atoms with E-state index in [1.807, 2.05) is 6.07 Å². The predicted molar refractivity (Wildman–Crippen MR) is 68.8 cm³/mol. The maximum absolute atomic E-state index is 13.7. The summed E-state index contributed by atoms with van der Waals surface area (Å²) in [4.78, 5) is 4.17. The molecule has 6 heteroatoms. The van der Waals surface area contributed by atoms with E-state index < -0.39 is 5.82 Å². The maximum Gasteiger partial charge on any atom is 0.274 e. The number of nitriles is 1. The number of aromatic nitrogens is 3. The van der Waals surface area contributed by atoms with Gasteiger partial charge in [0.1, 0.15) is 17.6 Å². The first-order valence-corrected chi connectivity index (χ1v) is 5.84. The van der Waals surface area contributed by atoms with E-state index in [0.717, 1.165) is 0 Å². The normalized spacial score (nSPS) is 10.4. The van der Waals surface area contributed by atoms with Crippen molar-refractivity contribution in [3.05, 3.63) is 47.9 Å². The zero-order valence-corrected chi connectivity index (χ0v) is 10.5. The molecule has 0 unspecified atom stereocenters. The number of aryl methyl sites for hydroxylation is 1. The average Bonchev–Trinajstić information content (AvgIpc) is 3.05. The van der Waals surface area contributed by atoms with Crippen LogP contribution in [0.3, 0.4) is 0 Å². The summed E-state index contributed by atoms with van der Waals surface area (Å²) in [5, 5.41) is 12.6. The highest BCUT2D eigenvalue weighted by Crippen LogP contribution is 2.24. The van der Waals surface area contributed by atoms with E-state index in [1.54, 1.807) is 42.1 Å². The van der Waals surface area contributed by atoms with E-state index in [2.05, 4.69) is 10.1 Å². The predicted octanol–water partition coefficient (Wildman–Crippen LogP) is 2.75. The number of rotatable bonds is 2. The van der Waals surface area contributed by atoms with Crippen LogP contribution in [-0.4, -0.2) is 14.7 Å². The summed E-state index contributed by atoms with van der Waals surface area (Å²) in [6.07, 6.45) is 1.66. The van der Waals surface area contributed by atoms with Gasteiger partial charge >= 0.3 is 0 Å². The first-order valence-electron chi connectivity index (χ1n) is 5.84. The summed E-state index contributed by atoms with van der Waals surface area (Å²) >= 11 is 0. The molecule has 0 amide bonds. The van der Waals surface area contributed by atoms with Crippen molar-refractivity contribution in [3.8, 4) is 29.0 Å². The first-order chi connectivity index (χ1) is 9.69. The zero-order valence-electron chi connectivity index (χ0n) is 10.5. The van der Waals surface area contributed by atoms with Gasteiger partial charge in [-0.05, 0) is 18.2 Å². The van der Waals surface area contributed by atoms with Crippen molar-refractivity contribution in [2.45, 2.75) is 0 Å². The van der Waals surface area contributed by atoms with Crippen molar-refractivity contribution in [2.75, 3.05) is 0 Å². The van der Waals surface area contributed by atoms with E-state index >= 15 is 0 Å². The molecule has 0 spiro atoms. The molecule has 0 aliphatic carbocycles. The lowest BCUT2D eigenvalue weighted by Crippen LogP contribution is -1.89. The lowest BCUT2D eigenvalue weighted by atomic mass is 10.2. The largest absolute Gasteiger partial charge is 0.345 e.